The highest BCUT2D eigenvalue weighted by Crippen LogP contribution is 2.46. The number of amides is 1. The molecule has 2 aliphatic rings. The molecule has 1 saturated heterocycles. The monoisotopic (exact) mass is 446 g/mol. The van der Waals surface area contributed by atoms with E-state index in [2.05, 4.69) is 27.0 Å². The van der Waals surface area contributed by atoms with Gasteiger partial charge >= 0.3 is 0 Å². The maximum absolute atomic E-state index is 13.9. The van der Waals surface area contributed by atoms with Gasteiger partial charge in [0, 0.05) is 54.9 Å². The Balaban J connectivity index is 1.41. The van der Waals surface area contributed by atoms with Crippen LogP contribution in [0.5, 0.6) is 0 Å². The van der Waals surface area contributed by atoms with Crippen molar-refractivity contribution in [1.82, 2.24) is 24.6 Å². The summed E-state index contributed by atoms with van der Waals surface area (Å²) in [4.78, 5) is 24.7. The fourth-order valence-corrected chi connectivity index (χ4v) is 4.88. The van der Waals surface area contributed by atoms with Gasteiger partial charge in [0.05, 0.1) is 5.69 Å². The van der Waals surface area contributed by atoms with Gasteiger partial charge in [-0.2, -0.15) is 5.10 Å². The third kappa shape index (κ3) is 4.13. The third-order valence-electron chi connectivity index (χ3n) is 6.75. The number of hydrogen-bond donors (Lipinski definition) is 1. The van der Waals surface area contributed by atoms with Gasteiger partial charge in [0.25, 0.3) is 5.91 Å². The molecule has 2 fully saturated rings. The number of fused-ring (bicyclic) bond motifs is 1. The van der Waals surface area contributed by atoms with Crippen LogP contribution < -0.4 is 5.32 Å². The van der Waals surface area contributed by atoms with Crippen LogP contribution in [0.3, 0.4) is 0 Å². The second kappa shape index (κ2) is 8.77. The van der Waals surface area contributed by atoms with E-state index in [-0.39, 0.29) is 11.9 Å². The predicted octanol–water partition coefficient (Wildman–Crippen LogP) is 3.96. The number of nitrogens with one attached hydrogen (secondary N) is 1. The first kappa shape index (κ1) is 21.3. The summed E-state index contributed by atoms with van der Waals surface area (Å²) in [6.45, 7) is 6.74. The number of pyridine rings is 2. The zero-order valence-corrected chi connectivity index (χ0v) is 18.6. The van der Waals surface area contributed by atoms with Gasteiger partial charge in [0.1, 0.15) is 12.5 Å². The maximum atomic E-state index is 13.9. The van der Waals surface area contributed by atoms with Crippen LogP contribution in [-0.4, -0.2) is 49.7 Å². The van der Waals surface area contributed by atoms with Crippen molar-refractivity contribution < 1.29 is 9.18 Å². The van der Waals surface area contributed by atoms with Gasteiger partial charge in [0.15, 0.2) is 5.69 Å². The molecule has 0 spiro atoms. The minimum absolute atomic E-state index is 0.0118. The number of anilines is 1. The normalized spacial score (nSPS) is 21.9. The van der Waals surface area contributed by atoms with Gasteiger partial charge in [-0.25, -0.2) is 19.0 Å². The lowest BCUT2D eigenvalue weighted by Gasteiger charge is -2.51. The van der Waals surface area contributed by atoms with E-state index in [1.807, 2.05) is 36.2 Å². The van der Waals surface area contributed by atoms with Crippen molar-refractivity contribution in [2.75, 3.05) is 18.4 Å². The number of aryl methyl sites for hydroxylation is 1. The zero-order chi connectivity index (χ0) is 22.9. The average molecular weight is 447 g/mol. The molecule has 170 valence electrons. The van der Waals surface area contributed by atoms with Crippen LogP contribution in [0.2, 0.25) is 0 Å². The molecule has 0 radical (unpaired) electrons. The van der Waals surface area contributed by atoms with Crippen LogP contribution in [0, 0.1) is 18.8 Å². The lowest BCUT2D eigenvalue weighted by molar-refractivity contribution is 0.0341. The third-order valence-corrected chi connectivity index (χ3v) is 6.75. The van der Waals surface area contributed by atoms with Crippen molar-refractivity contribution in [2.24, 2.45) is 11.8 Å². The smallest absolute Gasteiger partial charge is 0.275 e. The largest absolute Gasteiger partial charge is 0.368 e. The van der Waals surface area contributed by atoms with Crippen molar-refractivity contribution in [2.45, 2.75) is 32.5 Å². The van der Waals surface area contributed by atoms with Gasteiger partial charge < -0.3 is 10.2 Å². The molecule has 3 atom stereocenters. The summed E-state index contributed by atoms with van der Waals surface area (Å²) in [5, 5.41) is 7.65. The van der Waals surface area contributed by atoms with Crippen molar-refractivity contribution in [3.63, 3.8) is 0 Å². The van der Waals surface area contributed by atoms with Crippen molar-refractivity contribution in [1.29, 1.82) is 0 Å². The number of nitrogens with zero attached hydrogens (tertiary/aromatic N) is 5. The summed E-state index contributed by atoms with van der Waals surface area (Å²) >= 11 is 0. The van der Waals surface area contributed by atoms with Crippen LogP contribution in [0.1, 0.15) is 34.6 Å². The Morgan fingerprint density at radius 1 is 1.30 bits per heavy atom. The highest BCUT2D eigenvalue weighted by Gasteiger charge is 2.45. The molecule has 0 aromatic carbocycles. The fourth-order valence-electron chi connectivity index (χ4n) is 4.88. The number of halogens is 1. The minimum Gasteiger partial charge on any atom is -0.368 e. The van der Waals surface area contributed by atoms with E-state index < -0.39 is 6.67 Å². The standard InChI is InChI=1S/C25H27FN6O/c1-16-10-19-11-20(14-28-23-7-5-18(12-26)13-27-23)31(15-21(16)19)25(33)24-22(6-4-17(2)30-24)32-9-3-8-29-32/h3-9,13,19-21H,1,10-12,14-15H2,2H3,(H,27,28). The molecule has 1 saturated carbocycles. The number of hydrogen-bond acceptors (Lipinski definition) is 5. The quantitative estimate of drug-likeness (QED) is 0.580. The van der Waals surface area contributed by atoms with E-state index in [4.69, 9.17) is 0 Å². The predicted molar refractivity (Wildman–Crippen MR) is 124 cm³/mol. The van der Waals surface area contributed by atoms with Crippen LogP contribution in [0.4, 0.5) is 10.2 Å². The topological polar surface area (TPSA) is 75.9 Å². The summed E-state index contributed by atoms with van der Waals surface area (Å²) in [7, 11) is 0. The first-order valence-electron chi connectivity index (χ1n) is 11.2. The second-order valence-electron chi connectivity index (χ2n) is 8.91. The van der Waals surface area contributed by atoms with Crippen molar-refractivity contribution >= 4 is 11.7 Å². The summed E-state index contributed by atoms with van der Waals surface area (Å²) in [6.07, 6.45) is 6.95. The van der Waals surface area contributed by atoms with E-state index in [1.54, 1.807) is 23.0 Å². The summed E-state index contributed by atoms with van der Waals surface area (Å²) in [5.41, 5.74) is 3.61. The molecule has 33 heavy (non-hydrogen) atoms. The van der Waals surface area contributed by atoms with Gasteiger partial charge in [-0.1, -0.05) is 18.2 Å². The Hall–Kier alpha value is -3.55. The number of carbonyl (C=O) groups is 1. The molecule has 5 rings (SSSR count). The highest BCUT2D eigenvalue weighted by molar-refractivity contribution is 5.96. The number of rotatable bonds is 6. The van der Waals surface area contributed by atoms with Gasteiger partial charge in [-0.05, 0) is 49.9 Å². The average Bonchev–Trinajstić information content (AvgIpc) is 3.36. The highest BCUT2D eigenvalue weighted by atomic mass is 19.1. The Kier molecular flexibility index (Phi) is 5.66. The summed E-state index contributed by atoms with van der Waals surface area (Å²) in [6, 6.07) is 9.09. The summed E-state index contributed by atoms with van der Waals surface area (Å²) < 4.78 is 14.5. The Bertz CT molecular complexity index is 1160. The molecule has 7 nitrogen and oxygen atoms in total. The SMILES string of the molecule is C=C1CC2CC(CNc3ccc(CF)cn3)N(C(=O)c3nc(C)ccc3-n3cccn3)CC12. The van der Waals surface area contributed by atoms with E-state index >= 15 is 0 Å². The summed E-state index contributed by atoms with van der Waals surface area (Å²) in [5.74, 6) is 1.46. The zero-order valence-electron chi connectivity index (χ0n) is 18.6. The number of aromatic nitrogens is 4. The number of likely N-dealkylation sites (tertiary alicyclic amines) is 1. The Labute approximate surface area is 192 Å². The lowest BCUT2D eigenvalue weighted by atomic mass is 9.64. The number of piperidine rings is 1. The molecule has 3 unspecified atom stereocenters. The first-order chi connectivity index (χ1) is 16.0. The maximum Gasteiger partial charge on any atom is 0.275 e. The van der Waals surface area contributed by atoms with E-state index in [9.17, 15) is 9.18 Å². The van der Waals surface area contributed by atoms with Crippen molar-refractivity contribution in [3.8, 4) is 5.69 Å². The fraction of sp³-hybridized carbons (Fsp3) is 0.360. The molecule has 1 aliphatic carbocycles. The Morgan fingerprint density at radius 2 is 2.18 bits per heavy atom. The number of alkyl halides is 1. The Morgan fingerprint density at radius 3 is 2.88 bits per heavy atom. The minimum atomic E-state index is -0.535. The van der Waals surface area contributed by atoms with Gasteiger partial charge in [-0.3, -0.25) is 4.79 Å². The molecular weight excluding hydrogens is 419 g/mol. The molecule has 4 heterocycles. The van der Waals surface area contributed by atoms with E-state index in [0.717, 1.165) is 18.5 Å². The molecule has 1 N–H and O–H groups in total. The van der Waals surface area contributed by atoms with E-state index in [0.29, 0.717) is 47.7 Å². The van der Waals surface area contributed by atoms with Crippen molar-refractivity contribution in [3.05, 3.63) is 78.0 Å². The van der Waals surface area contributed by atoms with E-state index in [1.165, 1.54) is 11.8 Å². The van der Waals surface area contributed by atoms with Gasteiger partial charge in [0.2, 0.25) is 0 Å². The van der Waals surface area contributed by atoms with Crippen LogP contribution in [0.15, 0.2) is 61.1 Å². The van der Waals surface area contributed by atoms with Crippen LogP contribution in [0.25, 0.3) is 5.69 Å². The molecule has 0 bridgehead atoms. The second-order valence-corrected chi connectivity index (χ2v) is 8.91. The first-order valence-corrected chi connectivity index (χ1v) is 11.2. The lowest BCUT2D eigenvalue weighted by Crippen LogP contribution is -2.56. The molecule has 1 aliphatic heterocycles. The van der Waals surface area contributed by atoms with Crippen LogP contribution in [-0.2, 0) is 6.67 Å². The number of carbonyl (C=O) groups excluding carboxylic acids is 1. The molecule has 3 aromatic heterocycles. The molecule has 3 aromatic rings. The molecule has 8 heteroatoms. The molecule has 1 amide bonds. The van der Waals surface area contributed by atoms with Gasteiger partial charge in [-0.15, -0.1) is 0 Å². The molecular formula is C25H27FN6O. The van der Waals surface area contributed by atoms with Crippen LogP contribution >= 0.6 is 0 Å².